The maximum absolute atomic E-state index is 3.93. The van der Waals surface area contributed by atoms with Gasteiger partial charge in [0, 0.05) is 0 Å². The van der Waals surface area contributed by atoms with Crippen molar-refractivity contribution in [2.75, 3.05) is 0 Å². The molecule has 0 aromatic rings. The summed E-state index contributed by atoms with van der Waals surface area (Å²) in [4.78, 5) is 0. The summed E-state index contributed by atoms with van der Waals surface area (Å²) in [6.07, 6.45) is 48.8. The maximum atomic E-state index is 3.93. The molecule has 0 heterocycles. The van der Waals surface area contributed by atoms with Gasteiger partial charge in [0.2, 0.25) is 0 Å². The van der Waals surface area contributed by atoms with Crippen molar-refractivity contribution in [2.45, 2.75) is 212 Å². The van der Waals surface area contributed by atoms with Crippen LogP contribution in [0.25, 0.3) is 0 Å². The van der Waals surface area contributed by atoms with Crippen molar-refractivity contribution in [1.82, 2.24) is 0 Å². The van der Waals surface area contributed by atoms with Gasteiger partial charge in [-0.1, -0.05) is 219 Å². The van der Waals surface area contributed by atoms with Crippen LogP contribution >= 0.6 is 0 Å². The molecular weight excluding hydrogens is 420 g/mol. The molecule has 0 aromatic carbocycles. The Bertz CT molecular complexity index is 366. The molecule has 0 amide bonds. The first kappa shape index (κ1) is 33.0. The lowest BCUT2D eigenvalue weighted by Gasteiger charge is -2.21. The van der Waals surface area contributed by atoms with E-state index in [-0.39, 0.29) is 0 Å². The number of rotatable bonds is 28. The van der Waals surface area contributed by atoms with Gasteiger partial charge in [0.25, 0.3) is 0 Å². The average Bonchev–Trinajstić information content (AvgIpc) is 2.89. The summed E-state index contributed by atoms with van der Waals surface area (Å²) >= 11 is 0. The molecule has 0 saturated heterocycles. The molecule has 0 bridgehead atoms. The molecule has 209 valence electrons. The minimum Gasteiger partial charge on any atom is -0.0533 e. The van der Waals surface area contributed by atoms with Gasteiger partial charge in [-0.3, -0.25) is 0 Å². The van der Waals surface area contributed by atoms with Crippen LogP contribution in [-0.2, 0) is 0 Å². The van der Waals surface area contributed by atoms with Crippen LogP contribution in [0.3, 0.4) is 0 Å². The van der Waals surface area contributed by atoms with Gasteiger partial charge >= 0.3 is 0 Å². The highest BCUT2D eigenvalue weighted by molar-refractivity contribution is 4.65. The second kappa shape index (κ2) is 28.6. The molecule has 0 atom stereocenters. The molecular formula is C35H69. The summed E-state index contributed by atoms with van der Waals surface area (Å²) < 4.78 is 0. The van der Waals surface area contributed by atoms with Gasteiger partial charge < -0.3 is 0 Å². The van der Waals surface area contributed by atoms with E-state index in [0.717, 1.165) is 12.3 Å². The van der Waals surface area contributed by atoms with Gasteiger partial charge in [-0.05, 0) is 5.92 Å². The van der Waals surface area contributed by atoms with Crippen molar-refractivity contribution in [3.05, 3.63) is 6.92 Å². The summed E-state index contributed by atoms with van der Waals surface area (Å²) in [5.41, 5.74) is 0. The van der Waals surface area contributed by atoms with Crippen LogP contribution < -0.4 is 0 Å². The maximum Gasteiger partial charge on any atom is -0.0414 e. The molecule has 1 aliphatic rings. The molecule has 0 heteroatoms. The topological polar surface area (TPSA) is 0 Å². The highest BCUT2D eigenvalue weighted by Gasteiger charge is 2.12. The van der Waals surface area contributed by atoms with Gasteiger partial charge in [-0.2, -0.15) is 0 Å². The Labute approximate surface area is 224 Å². The number of hydrogen-bond donors (Lipinski definition) is 0. The van der Waals surface area contributed by atoms with E-state index in [9.17, 15) is 0 Å². The first-order valence-electron chi connectivity index (χ1n) is 17.2. The third-order valence-electron chi connectivity index (χ3n) is 8.84. The highest BCUT2D eigenvalue weighted by Crippen LogP contribution is 2.28. The zero-order chi connectivity index (χ0) is 24.9. The first-order chi connectivity index (χ1) is 17.4. The molecule has 1 saturated carbocycles. The van der Waals surface area contributed by atoms with Gasteiger partial charge in [-0.15, -0.1) is 0 Å². The van der Waals surface area contributed by atoms with E-state index in [4.69, 9.17) is 0 Å². The van der Waals surface area contributed by atoms with Crippen molar-refractivity contribution in [1.29, 1.82) is 0 Å². The van der Waals surface area contributed by atoms with Gasteiger partial charge in [-0.25, -0.2) is 0 Å². The van der Waals surface area contributed by atoms with E-state index in [1.165, 1.54) is 193 Å². The lowest BCUT2D eigenvalue weighted by atomic mass is 9.85. The Hall–Kier alpha value is 0. The molecule has 0 aromatic heterocycles. The Morgan fingerprint density at radius 1 is 0.314 bits per heavy atom. The molecule has 1 radical (unpaired) electrons. The van der Waals surface area contributed by atoms with E-state index in [2.05, 4.69) is 6.92 Å². The van der Waals surface area contributed by atoms with Crippen molar-refractivity contribution in [3.8, 4) is 0 Å². The van der Waals surface area contributed by atoms with Crippen LogP contribution in [0, 0.1) is 12.8 Å². The quantitative estimate of drug-likeness (QED) is 0.0958. The predicted octanol–water partition coefficient (Wildman–Crippen LogP) is 13.3. The van der Waals surface area contributed by atoms with E-state index in [1.807, 2.05) is 0 Å². The first-order valence-corrected chi connectivity index (χ1v) is 17.2. The van der Waals surface area contributed by atoms with E-state index < -0.39 is 0 Å². The van der Waals surface area contributed by atoms with Crippen molar-refractivity contribution in [2.24, 2.45) is 5.92 Å². The van der Waals surface area contributed by atoms with Crippen LogP contribution in [0.5, 0.6) is 0 Å². The van der Waals surface area contributed by atoms with Crippen LogP contribution in [0.15, 0.2) is 0 Å². The van der Waals surface area contributed by atoms with Gasteiger partial charge in [0.15, 0.2) is 0 Å². The van der Waals surface area contributed by atoms with E-state index in [1.54, 1.807) is 12.8 Å². The molecule has 0 spiro atoms. The minimum atomic E-state index is 1.10. The lowest BCUT2D eigenvalue weighted by Crippen LogP contribution is -2.05. The Morgan fingerprint density at radius 3 is 0.857 bits per heavy atom. The highest BCUT2D eigenvalue weighted by atomic mass is 14.2. The molecule has 0 N–H and O–H groups in total. The van der Waals surface area contributed by atoms with Gasteiger partial charge in [0.05, 0.1) is 0 Å². The lowest BCUT2D eigenvalue weighted by molar-refractivity contribution is 0.328. The average molecular weight is 490 g/mol. The predicted molar refractivity (Wildman–Crippen MR) is 161 cm³/mol. The SMILES string of the molecule is [CH2]CCCCCCCCCCCCCCCCCCCCCCCCCCCCC1CCCCC1. The normalized spacial score (nSPS) is 14.7. The van der Waals surface area contributed by atoms with E-state index in [0.29, 0.717) is 0 Å². The molecule has 1 rings (SSSR count). The Kier molecular flexibility index (Phi) is 27.0. The smallest absolute Gasteiger partial charge is 0.0414 e. The van der Waals surface area contributed by atoms with Crippen molar-refractivity contribution in [3.63, 3.8) is 0 Å². The minimum absolute atomic E-state index is 1.10. The molecule has 1 fully saturated rings. The monoisotopic (exact) mass is 490 g/mol. The Balaban J connectivity index is 1.61. The van der Waals surface area contributed by atoms with Crippen molar-refractivity contribution >= 4 is 0 Å². The molecule has 1 aliphatic carbocycles. The van der Waals surface area contributed by atoms with E-state index >= 15 is 0 Å². The number of hydrogen-bond acceptors (Lipinski definition) is 0. The fourth-order valence-electron chi connectivity index (χ4n) is 6.33. The summed E-state index contributed by atoms with van der Waals surface area (Å²) in [5.74, 6) is 1.10. The summed E-state index contributed by atoms with van der Waals surface area (Å²) in [7, 11) is 0. The third-order valence-corrected chi connectivity index (χ3v) is 8.84. The summed E-state index contributed by atoms with van der Waals surface area (Å²) in [5, 5.41) is 0. The van der Waals surface area contributed by atoms with Crippen LogP contribution in [0.4, 0.5) is 0 Å². The zero-order valence-electron chi connectivity index (χ0n) is 24.6. The van der Waals surface area contributed by atoms with Crippen LogP contribution in [0.2, 0.25) is 0 Å². The molecule has 0 nitrogen and oxygen atoms in total. The van der Waals surface area contributed by atoms with Crippen molar-refractivity contribution < 1.29 is 0 Å². The second-order valence-electron chi connectivity index (χ2n) is 12.3. The standard InChI is InChI=1S/C35H69/c1-2-3-4-5-6-7-8-9-10-11-12-13-14-15-16-17-18-19-20-21-22-23-24-25-26-27-29-32-35-33-30-28-31-34-35/h35H,1-34H2. The second-order valence-corrected chi connectivity index (χ2v) is 12.3. The van der Waals surface area contributed by atoms with Crippen LogP contribution in [-0.4, -0.2) is 0 Å². The van der Waals surface area contributed by atoms with Gasteiger partial charge in [0.1, 0.15) is 0 Å². The number of unbranched alkanes of at least 4 members (excludes halogenated alkanes) is 26. The molecule has 0 aliphatic heterocycles. The fraction of sp³-hybridized carbons (Fsp3) is 0.971. The Morgan fingerprint density at radius 2 is 0.571 bits per heavy atom. The molecule has 35 heavy (non-hydrogen) atoms. The summed E-state index contributed by atoms with van der Waals surface area (Å²) in [6.45, 7) is 3.93. The zero-order valence-corrected chi connectivity index (χ0v) is 24.6. The molecule has 0 unspecified atom stereocenters. The fourth-order valence-corrected chi connectivity index (χ4v) is 6.33. The largest absolute Gasteiger partial charge is 0.0533 e. The summed E-state index contributed by atoms with van der Waals surface area (Å²) in [6, 6.07) is 0. The third kappa shape index (κ3) is 25.4. The van der Waals surface area contributed by atoms with Crippen LogP contribution in [0.1, 0.15) is 212 Å².